The first-order valence-electron chi connectivity index (χ1n) is 9.57. The Kier molecular flexibility index (Phi) is 9.45. The summed E-state index contributed by atoms with van der Waals surface area (Å²) in [5.74, 6) is -3.61. The zero-order chi connectivity index (χ0) is 21.4. The number of amides is 2. The Morgan fingerprint density at radius 3 is 2.25 bits per heavy atom. The second kappa shape index (κ2) is 11.0. The average molecular weight is 401 g/mol. The number of rotatable bonds is 10. The molecule has 1 unspecified atom stereocenters. The van der Waals surface area contributed by atoms with Gasteiger partial charge in [0, 0.05) is 31.6 Å². The van der Waals surface area contributed by atoms with Crippen LogP contribution in [0.2, 0.25) is 0 Å². The van der Waals surface area contributed by atoms with E-state index in [0.717, 1.165) is 6.07 Å². The van der Waals surface area contributed by atoms with E-state index in [4.69, 9.17) is 5.73 Å². The molecule has 0 aliphatic carbocycles. The normalized spacial score (nSPS) is 14.3. The minimum Gasteiger partial charge on any atom is -0.345 e. The molecule has 0 heterocycles. The molecule has 8 heteroatoms. The summed E-state index contributed by atoms with van der Waals surface area (Å²) in [5.41, 5.74) is 6.10. The number of nitrogens with zero attached hydrogens (tertiary/aromatic N) is 1. The Bertz CT molecular complexity index is 685. The summed E-state index contributed by atoms with van der Waals surface area (Å²) in [5, 5.41) is 2.59. The minimum atomic E-state index is -1.23. The van der Waals surface area contributed by atoms with E-state index in [1.807, 2.05) is 13.8 Å². The number of hydrogen-bond acceptors (Lipinski definition) is 3. The van der Waals surface area contributed by atoms with Crippen LogP contribution in [0.4, 0.5) is 13.2 Å². The predicted molar refractivity (Wildman–Crippen MR) is 102 cm³/mol. The smallest absolute Gasteiger partial charge is 0.245 e. The van der Waals surface area contributed by atoms with E-state index in [-0.39, 0.29) is 29.8 Å². The van der Waals surface area contributed by atoms with E-state index in [1.165, 1.54) is 6.92 Å². The van der Waals surface area contributed by atoms with Gasteiger partial charge in [0.05, 0.1) is 0 Å². The van der Waals surface area contributed by atoms with Crippen LogP contribution in [0.15, 0.2) is 12.1 Å². The van der Waals surface area contributed by atoms with Gasteiger partial charge in [0.25, 0.3) is 0 Å². The first kappa shape index (κ1) is 23.9. The molecule has 0 aromatic heterocycles. The molecule has 3 atom stereocenters. The molecule has 5 nitrogen and oxygen atoms in total. The monoisotopic (exact) mass is 401 g/mol. The highest BCUT2D eigenvalue weighted by Crippen LogP contribution is 2.18. The van der Waals surface area contributed by atoms with Crippen molar-refractivity contribution in [2.75, 3.05) is 6.54 Å². The van der Waals surface area contributed by atoms with E-state index >= 15 is 0 Å². The molecule has 28 heavy (non-hydrogen) atoms. The number of nitrogens with one attached hydrogen (secondary N) is 1. The lowest BCUT2D eigenvalue weighted by molar-refractivity contribution is -0.137. The van der Waals surface area contributed by atoms with Crippen LogP contribution in [0, 0.1) is 17.5 Å². The molecule has 2 amide bonds. The third-order valence-electron chi connectivity index (χ3n) is 4.77. The number of hydrogen-bond donors (Lipinski definition) is 2. The lowest BCUT2D eigenvalue weighted by Gasteiger charge is -2.33. The van der Waals surface area contributed by atoms with Crippen molar-refractivity contribution in [3.8, 4) is 0 Å². The topological polar surface area (TPSA) is 75.4 Å². The maximum absolute atomic E-state index is 13.8. The van der Waals surface area contributed by atoms with E-state index < -0.39 is 29.5 Å². The van der Waals surface area contributed by atoms with Crippen LogP contribution < -0.4 is 11.1 Å². The second-order valence-corrected chi connectivity index (χ2v) is 7.01. The van der Waals surface area contributed by atoms with Crippen molar-refractivity contribution in [2.24, 2.45) is 5.73 Å². The molecule has 3 N–H and O–H groups in total. The van der Waals surface area contributed by atoms with Crippen LogP contribution in [-0.2, 0) is 16.0 Å². The number of carbonyl (C=O) groups is 2. The Hall–Kier alpha value is -2.09. The molecule has 1 aromatic carbocycles. The molecular formula is C20H30F3N3O2. The number of benzene rings is 1. The van der Waals surface area contributed by atoms with Crippen LogP contribution in [0.5, 0.6) is 0 Å². The first-order chi connectivity index (χ1) is 13.1. The first-order valence-corrected chi connectivity index (χ1v) is 9.57. The van der Waals surface area contributed by atoms with Gasteiger partial charge in [0.1, 0.15) is 11.9 Å². The Balaban J connectivity index is 2.72. The van der Waals surface area contributed by atoms with Crippen molar-refractivity contribution in [3.05, 3.63) is 35.1 Å². The zero-order valence-electron chi connectivity index (χ0n) is 16.9. The predicted octanol–water partition coefficient (Wildman–Crippen LogP) is 2.91. The van der Waals surface area contributed by atoms with Crippen molar-refractivity contribution in [1.29, 1.82) is 0 Å². The SMILES string of the molecule is CCC(CC[C@H](N)Cc1cc(F)c(F)cc1F)N(CC)C(=O)[C@H](C)NC(C)=O. The maximum atomic E-state index is 13.8. The van der Waals surface area contributed by atoms with E-state index in [9.17, 15) is 22.8 Å². The average Bonchev–Trinajstić information content (AvgIpc) is 2.62. The highest BCUT2D eigenvalue weighted by atomic mass is 19.2. The summed E-state index contributed by atoms with van der Waals surface area (Å²) < 4.78 is 40.2. The summed E-state index contributed by atoms with van der Waals surface area (Å²) in [4.78, 5) is 25.5. The van der Waals surface area contributed by atoms with E-state index in [0.29, 0.717) is 31.9 Å². The molecule has 0 aliphatic heterocycles. The zero-order valence-corrected chi connectivity index (χ0v) is 16.9. The highest BCUT2D eigenvalue weighted by Gasteiger charge is 2.26. The van der Waals surface area contributed by atoms with Crippen molar-refractivity contribution in [2.45, 2.75) is 71.5 Å². The van der Waals surface area contributed by atoms with Crippen LogP contribution in [0.1, 0.15) is 52.5 Å². The van der Waals surface area contributed by atoms with Crippen LogP contribution >= 0.6 is 0 Å². The molecule has 0 spiro atoms. The van der Waals surface area contributed by atoms with Crippen LogP contribution in [0.25, 0.3) is 0 Å². The molecule has 0 fully saturated rings. The lowest BCUT2D eigenvalue weighted by atomic mass is 9.97. The van der Waals surface area contributed by atoms with Gasteiger partial charge in [0.2, 0.25) is 11.8 Å². The molecule has 1 aromatic rings. The van der Waals surface area contributed by atoms with Gasteiger partial charge >= 0.3 is 0 Å². The van der Waals surface area contributed by atoms with Crippen molar-refractivity contribution >= 4 is 11.8 Å². The largest absolute Gasteiger partial charge is 0.345 e. The second-order valence-electron chi connectivity index (χ2n) is 7.01. The number of carbonyl (C=O) groups excluding carboxylic acids is 2. The molecule has 158 valence electrons. The molecule has 0 bridgehead atoms. The summed E-state index contributed by atoms with van der Waals surface area (Å²) in [6.45, 7) is 7.28. The number of likely N-dealkylation sites (N-methyl/N-ethyl adjacent to an activating group) is 1. The van der Waals surface area contributed by atoms with Crippen molar-refractivity contribution < 1.29 is 22.8 Å². The summed E-state index contributed by atoms with van der Waals surface area (Å²) >= 11 is 0. The fraction of sp³-hybridized carbons (Fsp3) is 0.600. The van der Waals surface area contributed by atoms with Gasteiger partial charge < -0.3 is 16.0 Å². The summed E-state index contributed by atoms with van der Waals surface area (Å²) in [7, 11) is 0. The molecule has 1 rings (SSSR count). The van der Waals surface area contributed by atoms with Gasteiger partial charge in [-0.1, -0.05) is 6.92 Å². The standard InChI is InChI=1S/C20H30F3N3O2/c1-5-16(26(6-2)20(28)12(3)25-13(4)27)8-7-15(24)9-14-10-18(22)19(23)11-17(14)21/h10-12,15-16H,5-9,24H2,1-4H3,(H,25,27)/t12-,15-,16?/m0/s1. The van der Waals surface area contributed by atoms with E-state index in [1.54, 1.807) is 11.8 Å². The fourth-order valence-corrected chi connectivity index (χ4v) is 3.30. The van der Waals surface area contributed by atoms with Crippen molar-refractivity contribution in [1.82, 2.24) is 10.2 Å². The molecule has 0 saturated heterocycles. The quantitative estimate of drug-likeness (QED) is 0.592. The fourth-order valence-electron chi connectivity index (χ4n) is 3.30. The molecular weight excluding hydrogens is 371 g/mol. The maximum Gasteiger partial charge on any atom is 0.245 e. The van der Waals surface area contributed by atoms with Crippen LogP contribution in [0.3, 0.4) is 0 Å². The Morgan fingerprint density at radius 1 is 1.11 bits per heavy atom. The van der Waals surface area contributed by atoms with E-state index in [2.05, 4.69) is 5.32 Å². The van der Waals surface area contributed by atoms with Gasteiger partial charge in [-0.15, -0.1) is 0 Å². The summed E-state index contributed by atoms with van der Waals surface area (Å²) in [6.07, 6.45) is 1.82. The Labute approximate surface area is 164 Å². The minimum absolute atomic E-state index is 0.0298. The Morgan fingerprint density at radius 2 is 1.71 bits per heavy atom. The summed E-state index contributed by atoms with van der Waals surface area (Å²) in [6, 6.07) is 0.173. The van der Waals surface area contributed by atoms with Crippen LogP contribution in [-0.4, -0.2) is 41.4 Å². The molecule has 0 aliphatic rings. The van der Waals surface area contributed by atoms with Crippen molar-refractivity contribution in [3.63, 3.8) is 0 Å². The number of nitrogens with two attached hydrogens (primary N) is 1. The third kappa shape index (κ3) is 6.82. The van der Waals surface area contributed by atoms with Gasteiger partial charge in [-0.25, -0.2) is 13.2 Å². The van der Waals surface area contributed by atoms with Gasteiger partial charge in [-0.05, 0) is 51.2 Å². The number of halogens is 3. The van der Waals surface area contributed by atoms with Gasteiger partial charge in [-0.3, -0.25) is 9.59 Å². The highest BCUT2D eigenvalue weighted by molar-refractivity contribution is 5.86. The molecule has 0 saturated carbocycles. The lowest BCUT2D eigenvalue weighted by Crippen LogP contribution is -2.50. The van der Waals surface area contributed by atoms with Gasteiger partial charge in [-0.2, -0.15) is 0 Å². The molecule has 0 radical (unpaired) electrons. The third-order valence-corrected chi connectivity index (χ3v) is 4.77. The van der Waals surface area contributed by atoms with Gasteiger partial charge in [0.15, 0.2) is 11.6 Å².